The predicted molar refractivity (Wildman–Crippen MR) is 104 cm³/mol. The zero-order valence-corrected chi connectivity index (χ0v) is 15.5. The molecule has 0 N–H and O–H groups in total. The largest absolute Gasteiger partial charge is 0.303 e. The van der Waals surface area contributed by atoms with Gasteiger partial charge in [-0.2, -0.15) is 0 Å². The molecule has 0 bridgehead atoms. The number of aryl methyl sites for hydroxylation is 1. The number of benzene rings is 2. The van der Waals surface area contributed by atoms with Crippen molar-refractivity contribution in [1.82, 2.24) is 4.90 Å². The Morgan fingerprint density at radius 2 is 1.76 bits per heavy atom. The maximum atomic E-state index is 13.0. The first-order valence-corrected chi connectivity index (χ1v) is 9.69. The molecule has 1 unspecified atom stereocenters. The van der Waals surface area contributed by atoms with E-state index in [1.54, 1.807) is 12.1 Å². The number of hydrogen-bond donors (Lipinski definition) is 0. The summed E-state index contributed by atoms with van der Waals surface area (Å²) in [5, 5.41) is 0. The molecule has 1 atom stereocenters. The molecule has 1 heterocycles. The lowest BCUT2D eigenvalue weighted by molar-refractivity contribution is 0.177. The zero-order chi connectivity index (χ0) is 17.6. The van der Waals surface area contributed by atoms with Gasteiger partial charge in [-0.05, 0) is 79.4 Å². The van der Waals surface area contributed by atoms with Crippen molar-refractivity contribution >= 4 is 0 Å². The molecule has 0 aromatic heterocycles. The lowest BCUT2D eigenvalue weighted by Crippen LogP contribution is -2.36. The molecule has 1 aliphatic heterocycles. The van der Waals surface area contributed by atoms with Gasteiger partial charge in [-0.3, -0.25) is 0 Å². The number of likely N-dealkylation sites (tertiary alicyclic amines) is 1. The van der Waals surface area contributed by atoms with Gasteiger partial charge < -0.3 is 4.90 Å². The normalized spacial score (nSPS) is 17.6. The van der Waals surface area contributed by atoms with Crippen LogP contribution in [-0.4, -0.2) is 24.5 Å². The van der Waals surface area contributed by atoms with Gasteiger partial charge in [0.1, 0.15) is 5.82 Å². The highest BCUT2D eigenvalue weighted by Crippen LogP contribution is 2.25. The van der Waals surface area contributed by atoms with Crippen molar-refractivity contribution in [3.63, 3.8) is 0 Å². The van der Waals surface area contributed by atoms with E-state index in [9.17, 15) is 4.39 Å². The Kier molecular flexibility index (Phi) is 6.25. The third-order valence-electron chi connectivity index (χ3n) is 5.61. The van der Waals surface area contributed by atoms with Crippen molar-refractivity contribution in [3.05, 3.63) is 71.0 Å². The number of rotatable bonds is 6. The molecule has 25 heavy (non-hydrogen) atoms. The summed E-state index contributed by atoms with van der Waals surface area (Å²) in [6.07, 6.45) is 4.69. The fourth-order valence-corrected chi connectivity index (χ4v) is 3.94. The molecular weight excluding hydrogens is 309 g/mol. The number of hydrogen-bond acceptors (Lipinski definition) is 1. The van der Waals surface area contributed by atoms with E-state index < -0.39 is 0 Å². The van der Waals surface area contributed by atoms with Gasteiger partial charge in [0.15, 0.2) is 0 Å². The second kappa shape index (κ2) is 8.62. The second-order valence-corrected chi connectivity index (χ2v) is 7.57. The fraction of sp³-hybridized carbons (Fsp3) is 0.478. The molecule has 2 aromatic rings. The Morgan fingerprint density at radius 1 is 1.04 bits per heavy atom. The average molecular weight is 339 g/mol. The van der Waals surface area contributed by atoms with Crippen molar-refractivity contribution in [3.8, 4) is 0 Å². The van der Waals surface area contributed by atoms with Crippen LogP contribution in [0.25, 0.3) is 0 Å². The molecule has 0 spiro atoms. The van der Waals surface area contributed by atoms with Crippen LogP contribution in [0.4, 0.5) is 4.39 Å². The van der Waals surface area contributed by atoms with Gasteiger partial charge >= 0.3 is 0 Å². The summed E-state index contributed by atoms with van der Waals surface area (Å²) in [5.41, 5.74) is 4.17. The smallest absolute Gasteiger partial charge is 0.123 e. The minimum atomic E-state index is -0.139. The lowest BCUT2D eigenvalue weighted by atomic mass is 9.89. The van der Waals surface area contributed by atoms with Gasteiger partial charge in [0.2, 0.25) is 0 Å². The van der Waals surface area contributed by atoms with Gasteiger partial charge in [-0.1, -0.05) is 50.2 Å². The monoisotopic (exact) mass is 339 g/mol. The van der Waals surface area contributed by atoms with Gasteiger partial charge in [-0.15, -0.1) is 0 Å². The Bertz CT molecular complexity index is 656. The highest BCUT2D eigenvalue weighted by atomic mass is 19.1. The Labute approximate surface area is 151 Å². The quantitative estimate of drug-likeness (QED) is 0.677. The zero-order valence-electron chi connectivity index (χ0n) is 15.5. The van der Waals surface area contributed by atoms with Crippen molar-refractivity contribution in [1.29, 1.82) is 0 Å². The van der Waals surface area contributed by atoms with Crippen LogP contribution >= 0.6 is 0 Å². The molecule has 0 amide bonds. The van der Waals surface area contributed by atoms with Crippen LogP contribution in [0.5, 0.6) is 0 Å². The summed E-state index contributed by atoms with van der Waals surface area (Å²) in [6, 6.07) is 16.1. The molecular formula is C23H30FN. The number of piperidine rings is 1. The first-order chi connectivity index (χ1) is 12.1. The van der Waals surface area contributed by atoms with E-state index in [-0.39, 0.29) is 5.82 Å². The second-order valence-electron chi connectivity index (χ2n) is 7.57. The van der Waals surface area contributed by atoms with E-state index in [1.807, 2.05) is 12.1 Å². The maximum absolute atomic E-state index is 13.0. The van der Waals surface area contributed by atoms with Gasteiger partial charge in [-0.25, -0.2) is 4.39 Å². The van der Waals surface area contributed by atoms with Crippen LogP contribution < -0.4 is 0 Å². The molecule has 2 heteroatoms. The number of nitrogens with zero attached hydrogens (tertiary/aromatic N) is 1. The third-order valence-corrected chi connectivity index (χ3v) is 5.61. The van der Waals surface area contributed by atoms with Crippen LogP contribution in [-0.2, 0) is 12.8 Å². The molecule has 0 saturated carbocycles. The molecule has 1 saturated heterocycles. The van der Waals surface area contributed by atoms with Crippen molar-refractivity contribution in [2.24, 2.45) is 5.92 Å². The van der Waals surface area contributed by atoms with Crippen molar-refractivity contribution in [2.75, 3.05) is 19.6 Å². The van der Waals surface area contributed by atoms with Crippen molar-refractivity contribution in [2.45, 2.75) is 45.4 Å². The Morgan fingerprint density at radius 3 is 2.44 bits per heavy atom. The molecule has 1 fully saturated rings. The van der Waals surface area contributed by atoms with E-state index in [0.717, 1.165) is 25.3 Å². The van der Waals surface area contributed by atoms with Gasteiger partial charge in [0.25, 0.3) is 0 Å². The van der Waals surface area contributed by atoms with E-state index in [2.05, 4.69) is 43.0 Å². The van der Waals surface area contributed by atoms with E-state index in [1.165, 1.54) is 42.6 Å². The molecule has 1 nitrogen and oxygen atoms in total. The summed E-state index contributed by atoms with van der Waals surface area (Å²) >= 11 is 0. The Hall–Kier alpha value is -1.67. The molecule has 0 radical (unpaired) electrons. The molecule has 1 aliphatic rings. The minimum Gasteiger partial charge on any atom is -0.303 e. The van der Waals surface area contributed by atoms with Crippen LogP contribution in [0.2, 0.25) is 0 Å². The summed E-state index contributed by atoms with van der Waals surface area (Å²) < 4.78 is 13.0. The highest BCUT2D eigenvalue weighted by Gasteiger charge is 2.21. The first kappa shape index (κ1) is 18.1. The minimum absolute atomic E-state index is 0.139. The Balaban J connectivity index is 1.47. The average Bonchev–Trinajstić information content (AvgIpc) is 2.65. The summed E-state index contributed by atoms with van der Waals surface area (Å²) in [5.74, 6) is 1.18. The topological polar surface area (TPSA) is 3.24 Å². The third kappa shape index (κ3) is 5.15. The summed E-state index contributed by atoms with van der Waals surface area (Å²) in [6.45, 7) is 8.08. The van der Waals surface area contributed by atoms with E-state index in [0.29, 0.717) is 5.92 Å². The van der Waals surface area contributed by atoms with E-state index in [4.69, 9.17) is 0 Å². The predicted octanol–water partition coefficient (Wildman–Crippen LogP) is 5.45. The highest BCUT2D eigenvalue weighted by molar-refractivity contribution is 5.26. The van der Waals surface area contributed by atoms with Crippen LogP contribution in [0, 0.1) is 11.7 Å². The first-order valence-electron chi connectivity index (χ1n) is 9.69. The lowest BCUT2D eigenvalue weighted by Gasteiger charge is -2.33. The number of halogens is 1. The molecule has 2 aromatic carbocycles. The van der Waals surface area contributed by atoms with Gasteiger partial charge in [0.05, 0.1) is 0 Å². The van der Waals surface area contributed by atoms with Gasteiger partial charge in [0, 0.05) is 6.54 Å². The SMILES string of the molecule is CCc1cccc(C(C)CN2CCC(Cc3ccc(F)cc3)CC2)c1. The van der Waals surface area contributed by atoms with Crippen LogP contribution in [0.3, 0.4) is 0 Å². The molecule has 134 valence electrons. The summed E-state index contributed by atoms with van der Waals surface area (Å²) in [4.78, 5) is 2.62. The van der Waals surface area contributed by atoms with Crippen molar-refractivity contribution < 1.29 is 4.39 Å². The van der Waals surface area contributed by atoms with Crippen LogP contribution in [0.15, 0.2) is 48.5 Å². The standard InChI is InChI=1S/C23H30FN/c1-3-19-5-4-6-22(16-19)18(2)17-25-13-11-21(12-14-25)15-20-7-9-23(24)10-8-20/h4-10,16,18,21H,3,11-15,17H2,1-2H3. The molecule has 0 aliphatic carbocycles. The molecule has 3 rings (SSSR count). The van der Waals surface area contributed by atoms with Crippen LogP contribution in [0.1, 0.15) is 49.3 Å². The maximum Gasteiger partial charge on any atom is 0.123 e. The summed E-state index contributed by atoms with van der Waals surface area (Å²) in [7, 11) is 0. The van der Waals surface area contributed by atoms with E-state index >= 15 is 0 Å². The fourth-order valence-electron chi connectivity index (χ4n) is 3.94.